The van der Waals surface area contributed by atoms with Crippen LogP contribution in [-0.2, 0) is 0 Å². The first-order valence-electron chi connectivity index (χ1n) is 4.37. The molecule has 2 rings (SSSR count). The van der Waals surface area contributed by atoms with Gasteiger partial charge in [0.25, 0.3) is 0 Å². The topological polar surface area (TPSA) is 16.1 Å². The fourth-order valence-corrected chi connectivity index (χ4v) is 1.89. The minimum atomic E-state index is -0.853. The maximum absolute atomic E-state index is 13.3. The molecule has 2 heterocycles. The van der Waals surface area contributed by atoms with Gasteiger partial charge in [-0.2, -0.15) is 4.39 Å². The highest BCUT2D eigenvalue weighted by Crippen LogP contribution is 2.26. The van der Waals surface area contributed by atoms with Gasteiger partial charge in [-0.25, -0.2) is 9.37 Å². The molecule has 0 aromatic carbocycles. The zero-order valence-electron chi connectivity index (χ0n) is 7.38. The van der Waals surface area contributed by atoms with Gasteiger partial charge in [0.2, 0.25) is 5.95 Å². The van der Waals surface area contributed by atoms with Gasteiger partial charge in [-0.3, -0.25) is 0 Å². The second-order valence-electron chi connectivity index (χ2n) is 3.30. The van der Waals surface area contributed by atoms with E-state index in [-0.39, 0.29) is 6.54 Å². The summed E-state index contributed by atoms with van der Waals surface area (Å²) in [7, 11) is 0. The Balaban J connectivity index is 2.27. The van der Waals surface area contributed by atoms with Crippen molar-refractivity contribution in [3.05, 3.63) is 22.7 Å². The predicted molar refractivity (Wildman–Crippen MR) is 53.6 cm³/mol. The fourth-order valence-electron chi connectivity index (χ4n) is 1.57. The largest absolute Gasteiger partial charge is 0.365 e. The van der Waals surface area contributed by atoms with Crippen LogP contribution in [-0.4, -0.2) is 24.2 Å². The quantitative estimate of drug-likeness (QED) is 0.724. The van der Waals surface area contributed by atoms with Crippen LogP contribution in [0.2, 0.25) is 0 Å². The zero-order chi connectivity index (χ0) is 10.1. The number of hydrogen-bond acceptors (Lipinski definition) is 2. The molecule has 0 aliphatic carbocycles. The molecule has 1 fully saturated rings. The maximum Gasteiger partial charge on any atom is 0.236 e. The SMILES string of the molecule is Fc1ncc(Br)cc1N1CC[C@H](F)C1. The molecule has 1 atom stereocenters. The van der Waals surface area contributed by atoms with Gasteiger partial charge in [0.05, 0.1) is 5.69 Å². The van der Waals surface area contributed by atoms with Crippen LogP contribution < -0.4 is 4.90 Å². The monoisotopic (exact) mass is 262 g/mol. The van der Waals surface area contributed by atoms with Gasteiger partial charge in [0.1, 0.15) is 6.17 Å². The highest BCUT2D eigenvalue weighted by atomic mass is 79.9. The highest BCUT2D eigenvalue weighted by molar-refractivity contribution is 9.10. The molecule has 1 aromatic heterocycles. The number of anilines is 1. The first-order valence-corrected chi connectivity index (χ1v) is 5.16. The lowest BCUT2D eigenvalue weighted by atomic mass is 10.3. The summed E-state index contributed by atoms with van der Waals surface area (Å²) in [5.41, 5.74) is 0.375. The van der Waals surface area contributed by atoms with Crippen LogP contribution in [0.1, 0.15) is 6.42 Å². The molecule has 0 amide bonds. The molecule has 0 radical (unpaired) electrons. The second kappa shape index (κ2) is 3.81. The van der Waals surface area contributed by atoms with Crippen LogP contribution in [0.4, 0.5) is 14.5 Å². The van der Waals surface area contributed by atoms with Crippen LogP contribution in [0.25, 0.3) is 0 Å². The van der Waals surface area contributed by atoms with Crippen LogP contribution in [0.5, 0.6) is 0 Å². The summed E-state index contributed by atoms with van der Waals surface area (Å²) in [5.74, 6) is -0.540. The summed E-state index contributed by atoms with van der Waals surface area (Å²) in [5, 5.41) is 0. The van der Waals surface area contributed by atoms with Crippen molar-refractivity contribution in [2.24, 2.45) is 0 Å². The van der Waals surface area contributed by atoms with E-state index in [4.69, 9.17) is 0 Å². The molecule has 0 saturated carbocycles. The smallest absolute Gasteiger partial charge is 0.236 e. The van der Waals surface area contributed by atoms with Crippen molar-refractivity contribution in [3.8, 4) is 0 Å². The van der Waals surface area contributed by atoms with Gasteiger partial charge in [0, 0.05) is 23.8 Å². The number of halogens is 3. The van der Waals surface area contributed by atoms with E-state index < -0.39 is 12.1 Å². The molecular weight excluding hydrogens is 254 g/mol. The molecule has 0 N–H and O–H groups in total. The van der Waals surface area contributed by atoms with Crippen molar-refractivity contribution in [1.82, 2.24) is 4.98 Å². The first-order chi connectivity index (χ1) is 6.66. The van der Waals surface area contributed by atoms with E-state index in [0.717, 1.165) is 0 Å². The summed E-state index contributed by atoms with van der Waals surface area (Å²) in [6.07, 6.45) is 1.00. The van der Waals surface area contributed by atoms with Crippen molar-refractivity contribution in [2.75, 3.05) is 18.0 Å². The van der Waals surface area contributed by atoms with E-state index in [0.29, 0.717) is 23.1 Å². The number of rotatable bonds is 1. The first kappa shape index (κ1) is 9.83. The van der Waals surface area contributed by atoms with Crippen LogP contribution >= 0.6 is 15.9 Å². The third-order valence-corrected chi connectivity index (χ3v) is 2.69. The Morgan fingerprint density at radius 2 is 2.36 bits per heavy atom. The average Bonchev–Trinajstić information content (AvgIpc) is 2.56. The number of alkyl halides is 1. The van der Waals surface area contributed by atoms with E-state index >= 15 is 0 Å². The summed E-state index contributed by atoms with van der Waals surface area (Å²) >= 11 is 3.21. The normalized spacial score (nSPS) is 21.6. The average molecular weight is 263 g/mol. The number of hydrogen-bond donors (Lipinski definition) is 0. The van der Waals surface area contributed by atoms with E-state index in [9.17, 15) is 8.78 Å². The van der Waals surface area contributed by atoms with E-state index in [1.54, 1.807) is 11.0 Å². The summed E-state index contributed by atoms with van der Waals surface area (Å²) < 4.78 is 26.9. The molecular formula is C9H9BrF2N2. The lowest BCUT2D eigenvalue weighted by Gasteiger charge is -2.17. The molecule has 2 nitrogen and oxygen atoms in total. The zero-order valence-corrected chi connectivity index (χ0v) is 8.97. The summed E-state index contributed by atoms with van der Waals surface area (Å²) in [4.78, 5) is 5.25. The van der Waals surface area contributed by atoms with Crippen molar-refractivity contribution >= 4 is 21.6 Å². The molecule has 1 aliphatic rings. The van der Waals surface area contributed by atoms with Crippen molar-refractivity contribution in [2.45, 2.75) is 12.6 Å². The fraction of sp³-hybridized carbons (Fsp3) is 0.444. The molecule has 14 heavy (non-hydrogen) atoms. The lowest BCUT2D eigenvalue weighted by Crippen LogP contribution is -2.21. The van der Waals surface area contributed by atoms with Crippen molar-refractivity contribution in [1.29, 1.82) is 0 Å². The van der Waals surface area contributed by atoms with Gasteiger partial charge < -0.3 is 4.90 Å². The Hall–Kier alpha value is -0.710. The Kier molecular flexibility index (Phi) is 2.67. The lowest BCUT2D eigenvalue weighted by molar-refractivity contribution is 0.364. The van der Waals surface area contributed by atoms with Crippen molar-refractivity contribution in [3.63, 3.8) is 0 Å². The third kappa shape index (κ3) is 1.87. The third-order valence-electron chi connectivity index (χ3n) is 2.26. The van der Waals surface area contributed by atoms with Crippen LogP contribution in [0.3, 0.4) is 0 Å². The van der Waals surface area contributed by atoms with E-state index in [1.807, 2.05) is 0 Å². The Morgan fingerprint density at radius 3 is 3.00 bits per heavy atom. The van der Waals surface area contributed by atoms with Gasteiger partial charge >= 0.3 is 0 Å². The molecule has 5 heteroatoms. The van der Waals surface area contributed by atoms with Gasteiger partial charge in [-0.1, -0.05) is 0 Å². The number of pyridine rings is 1. The number of nitrogens with zero attached hydrogens (tertiary/aromatic N) is 2. The highest BCUT2D eigenvalue weighted by Gasteiger charge is 2.24. The summed E-state index contributed by atoms with van der Waals surface area (Å²) in [6.45, 7) is 0.811. The molecule has 0 bridgehead atoms. The van der Waals surface area contributed by atoms with Gasteiger partial charge in [-0.15, -0.1) is 0 Å². The molecule has 0 spiro atoms. The molecule has 1 aliphatic heterocycles. The molecule has 76 valence electrons. The number of aromatic nitrogens is 1. The maximum atomic E-state index is 13.3. The van der Waals surface area contributed by atoms with Crippen LogP contribution in [0.15, 0.2) is 16.7 Å². The Labute approximate surface area is 89.1 Å². The predicted octanol–water partition coefficient (Wildman–Crippen LogP) is 2.53. The van der Waals surface area contributed by atoms with Gasteiger partial charge in [0.15, 0.2) is 0 Å². The Bertz CT molecular complexity index is 346. The van der Waals surface area contributed by atoms with Crippen LogP contribution in [0, 0.1) is 5.95 Å². The Morgan fingerprint density at radius 1 is 1.57 bits per heavy atom. The second-order valence-corrected chi connectivity index (χ2v) is 4.21. The van der Waals surface area contributed by atoms with E-state index in [1.165, 1.54) is 6.20 Å². The minimum absolute atomic E-state index is 0.259. The van der Waals surface area contributed by atoms with Gasteiger partial charge in [-0.05, 0) is 28.4 Å². The molecule has 0 unspecified atom stereocenters. The molecule has 1 aromatic rings. The minimum Gasteiger partial charge on any atom is -0.365 e. The van der Waals surface area contributed by atoms with E-state index in [2.05, 4.69) is 20.9 Å². The van der Waals surface area contributed by atoms with Crippen molar-refractivity contribution < 1.29 is 8.78 Å². The molecule has 1 saturated heterocycles. The standard InChI is InChI=1S/C9H9BrF2N2/c10-6-3-8(9(12)13-4-6)14-2-1-7(11)5-14/h3-4,7H,1-2,5H2/t7-/m0/s1. The summed E-state index contributed by atoms with van der Waals surface area (Å²) in [6, 6.07) is 1.63.